The third-order valence-corrected chi connectivity index (χ3v) is 2.46. The summed E-state index contributed by atoms with van der Waals surface area (Å²) in [5.74, 6) is 0.778. The van der Waals surface area contributed by atoms with Crippen molar-refractivity contribution >= 4 is 0 Å². The first-order valence-corrected chi connectivity index (χ1v) is 6.56. The van der Waals surface area contributed by atoms with Crippen molar-refractivity contribution in [3.63, 3.8) is 0 Å². The minimum Gasteiger partial charge on any atom is -0.376 e. The van der Waals surface area contributed by atoms with Crippen LogP contribution in [0, 0.1) is 5.92 Å². The lowest BCUT2D eigenvalue weighted by atomic mass is 10.1. The first-order chi connectivity index (χ1) is 7.22. The highest BCUT2D eigenvalue weighted by molar-refractivity contribution is 4.71. The van der Waals surface area contributed by atoms with E-state index in [1.165, 1.54) is 19.4 Å². The third kappa shape index (κ3) is 6.91. The first-order valence-electron chi connectivity index (χ1n) is 6.56. The summed E-state index contributed by atoms with van der Waals surface area (Å²) in [6, 6.07) is 0. The van der Waals surface area contributed by atoms with Crippen LogP contribution in [0.4, 0.5) is 0 Å². The lowest BCUT2D eigenvalue weighted by Gasteiger charge is -2.33. The zero-order valence-electron chi connectivity index (χ0n) is 11.3. The van der Waals surface area contributed by atoms with Gasteiger partial charge in [-0.15, -0.1) is 0 Å². The van der Waals surface area contributed by atoms with Gasteiger partial charge in [0.05, 0.1) is 12.7 Å². The van der Waals surface area contributed by atoms with Crippen molar-refractivity contribution in [2.24, 2.45) is 5.92 Å². The minimum absolute atomic E-state index is 0.498. The fourth-order valence-electron chi connectivity index (χ4n) is 1.96. The average molecular weight is 215 g/mol. The molecule has 0 saturated carbocycles. The first kappa shape index (κ1) is 14.9. The SMILES string of the molecule is CC.CCCC1CN(CC(C)C)CCO1. The van der Waals surface area contributed by atoms with Gasteiger partial charge in [-0.2, -0.15) is 0 Å². The van der Waals surface area contributed by atoms with Crippen LogP contribution in [0.1, 0.15) is 47.5 Å². The van der Waals surface area contributed by atoms with Gasteiger partial charge in [-0.3, -0.25) is 4.90 Å². The molecule has 0 N–H and O–H groups in total. The predicted molar refractivity (Wildman–Crippen MR) is 67.3 cm³/mol. The van der Waals surface area contributed by atoms with Crippen LogP contribution in [-0.4, -0.2) is 37.2 Å². The maximum Gasteiger partial charge on any atom is 0.0702 e. The topological polar surface area (TPSA) is 12.5 Å². The van der Waals surface area contributed by atoms with Crippen molar-refractivity contribution in [3.8, 4) is 0 Å². The van der Waals surface area contributed by atoms with Gasteiger partial charge >= 0.3 is 0 Å². The molecule has 1 atom stereocenters. The maximum atomic E-state index is 5.69. The molecule has 92 valence electrons. The van der Waals surface area contributed by atoms with Crippen LogP contribution in [0.3, 0.4) is 0 Å². The van der Waals surface area contributed by atoms with Crippen molar-refractivity contribution in [1.29, 1.82) is 0 Å². The monoisotopic (exact) mass is 215 g/mol. The smallest absolute Gasteiger partial charge is 0.0702 e. The highest BCUT2D eigenvalue weighted by atomic mass is 16.5. The van der Waals surface area contributed by atoms with Crippen LogP contribution in [0.5, 0.6) is 0 Å². The molecule has 2 heteroatoms. The van der Waals surface area contributed by atoms with Crippen LogP contribution in [0.2, 0.25) is 0 Å². The largest absolute Gasteiger partial charge is 0.376 e. The Morgan fingerprint density at radius 1 is 1.33 bits per heavy atom. The van der Waals surface area contributed by atoms with Crippen molar-refractivity contribution in [3.05, 3.63) is 0 Å². The van der Waals surface area contributed by atoms with Crippen molar-refractivity contribution < 1.29 is 4.74 Å². The molecule has 0 bridgehead atoms. The van der Waals surface area contributed by atoms with E-state index in [0.29, 0.717) is 6.10 Å². The van der Waals surface area contributed by atoms with Crippen LogP contribution in [-0.2, 0) is 4.74 Å². The summed E-state index contributed by atoms with van der Waals surface area (Å²) in [7, 11) is 0. The lowest BCUT2D eigenvalue weighted by Crippen LogP contribution is -2.43. The summed E-state index contributed by atoms with van der Waals surface area (Å²) in [5, 5.41) is 0. The van der Waals surface area contributed by atoms with Gasteiger partial charge in [0.25, 0.3) is 0 Å². The van der Waals surface area contributed by atoms with E-state index in [-0.39, 0.29) is 0 Å². The molecule has 0 aromatic heterocycles. The second kappa shape index (κ2) is 9.17. The van der Waals surface area contributed by atoms with Gasteiger partial charge in [-0.1, -0.05) is 41.0 Å². The van der Waals surface area contributed by atoms with Crippen LogP contribution in [0.15, 0.2) is 0 Å². The van der Waals surface area contributed by atoms with Crippen LogP contribution in [0.25, 0.3) is 0 Å². The average Bonchev–Trinajstić information content (AvgIpc) is 2.21. The molecular weight excluding hydrogens is 186 g/mol. The van der Waals surface area contributed by atoms with Crippen molar-refractivity contribution in [2.75, 3.05) is 26.2 Å². The van der Waals surface area contributed by atoms with E-state index < -0.39 is 0 Å². The van der Waals surface area contributed by atoms with Gasteiger partial charge in [0.1, 0.15) is 0 Å². The Labute approximate surface area is 96.0 Å². The quantitative estimate of drug-likeness (QED) is 0.714. The molecule has 1 rings (SSSR count). The third-order valence-electron chi connectivity index (χ3n) is 2.46. The molecule has 0 aromatic rings. The van der Waals surface area contributed by atoms with Gasteiger partial charge in [-0.25, -0.2) is 0 Å². The molecule has 1 fully saturated rings. The Morgan fingerprint density at radius 3 is 2.53 bits per heavy atom. The summed E-state index contributed by atoms with van der Waals surface area (Å²) in [4.78, 5) is 2.54. The summed E-state index contributed by atoms with van der Waals surface area (Å²) in [6.07, 6.45) is 2.95. The number of ether oxygens (including phenoxy) is 1. The predicted octanol–water partition coefficient (Wildman–Crippen LogP) is 3.17. The Balaban J connectivity index is 0.000000921. The molecule has 0 aliphatic carbocycles. The van der Waals surface area contributed by atoms with Crippen molar-refractivity contribution in [2.45, 2.75) is 53.6 Å². The zero-order chi connectivity index (χ0) is 11.7. The van der Waals surface area contributed by atoms with E-state index in [2.05, 4.69) is 25.7 Å². The molecule has 0 amide bonds. The number of hydrogen-bond donors (Lipinski definition) is 0. The molecule has 0 radical (unpaired) electrons. The van der Waals surface area contributed by atoms with E-state index in [1.807, 2.05) is 13.8 Å². The normalized spacial score (nSPS) is 22.4. The van der Waals surface area contributed by atoms with E-state index in [0.717, 1.165) is 25.6 Å². The molecule has 1 saturated heterocycles. The van der Waals surface area contributed by atoms with Crippen LogP contribution < -0.4 is 0 Å². The number of hydrogen-bond acceptors (Lipinski definition) is 2. The highest BCUT2D eigenvalue weighted by Gasteiger charge is 2.19. The van der Waals surface area contributed by atoms with E-state index >= 15 is 0 Å². The molecular formula is C13H29NO. The molecule has 0 aromatic carbocycles. The van der Waals surface area contributed by atoms with E-state index in [4.69, 9.17) is 4.74 Å². The summed E-state index contributed by atoms with van der Waals surface area (Å²) in [6.45, 7) is 15.2. The Bertz CT molecular complexity index is 134. The van der Waals surface area contributed by atoms with Gasteiger partial charge in [0.2, 0.25) is 0 Å². The summed E-state index contributed by atoms with van der Waals surface area (Å²) in [5.41, 5.74) is 0. The van der Waals surface area contributed by atoms with Gasteiger partial charge in [-0.05, 0) is 12.3 Å². The number of morpholine rings is 1. The van der Waals surface area contributed by atoms with Crippen LogP contribution >= 0.6 is 0 Å². The highest BCUT2D eigenvalue weighted by Crippen LogP contribution is 2.11. The zero-order valence-corrected chi connectivity index (χ0v) is 11.3. The number of rotatable bonds is 4. The van der Waals surface area contributed by atoms with Gasteiger partial charge in [0, 0.05) is 19.6 Å². The lowest BCUT2D eigenvalue weighted by molar-refractivity contribution is -0.0352. The Morgan fingerprint density at radius 2 is 2.00 bits per heavy atom. The van der Waals surface area contributed by atoms with Gasteiger partial charge < -0.3 is 4.74 Å². The maximum absolute atomic E-state index is 5.69. The summed E-state index contributed by atoms with van der Waals surface area (Å²) < 4.78 is 5.69. The summed E-state index contributed by atoms with van der Waals surface area (Å²) >= 11 is 0. The van der Waals surface area contributed by atoms with E-state index in [1.54, 1.807) is 0 Å². The fraction of sp³-hybridized carbons (Fsp3) is 1.00. The molecule has 1 heterocycles. The molecule has 1 aliphatic heterocycles. The Hall–Kier alpha value is -0.0800. The van der Waals surface area contributed by atoms with E-state index in [9.17, 15) is 0 Å². The molecule has 1 unspecified atom stereocenters. The molecule has 1 aliphatic rings. The second-order valence-corrected chi connectivity index (χ2v) is 4.43. The fourth-order valence-corrected chi connectivity index (χ4v) is 1.96. The Kier molecular flexibility index (Phi) is 9.12. The standard InChI is InChI=1S/C11H23NO.C2H6/c1-4-5-11-9-12(6-7-13-11)8-10(2)3;1-2/h10-11H,4-9H2,1-3H3;1-2H3. The van der Waals surface area contributed by atoms with Gasteiger partial charge in [0.15, 0.2) is 0 Å². The molecule has 0 spiro atoms. The van der Waals surface area contributed by atoms with Crippen molar-refractivity contribution in [1.82, 2.24) is 4.90 Å². The second-order valence-electron chi connectivity index (χ2n) is 4.43. The minimum atomic E-state index is 0.498. The molecule has 15 heavy (non-hydrogen) atoms. The number of nitrogens with zero attached hydrogens (tertiary/aromatic N) is 1. The molecule has 2 nitrogen and oxygen atoms in total.